The first-order valence-electron chi connectivity index (χ1n) is 6.81. The number of hydrogen-bond acceptors (Lipinski definition) is 2. The first-order chi connectivity index (χ1) is 9.97. The van der Waals surface area contributed by atoms with Gasteiger partial charge in [0, 0.05) is 11.7 Å². The Morgan fingerprint density at radius 2 is 1.90 bits per heavy atom. The van der Waals surface area contributed by atoms with Gasteiger partial charge in [0.05, 0.1) is 5.56 Å². The molecule has 21 heavy (non-hydrogen) atoms. The Labute approximate surface area is 123 Å². The molecule has 0 aromatic heterocycles. The van der Waals surface area contributed by atoms with E-state index in [-0.39, 0.29) is 11.9 Å². The van der Waals surface area contributed by atoms with Crippen molar-refractivity contribution < 1.29 is 14.3 Å². The SMILES string of the molecule is Cc1c(NC(C)Cc2ccc(F)cc2)cccc1C(=O)O. The summed E-state index contributed by atoms with van der Waals surface area (Å²) in [5, 5.41) is 12.4. The fraction of sp³-hybridized carbons (Fsp3) is 0.235. The molecule has 0 bridgehead atoms. The third-order valence-electron chi connectivity index (χ3n) is 3.42. The van der Waals surface area contributed by atoms with Crippen molar-refractivity contribution in [3.63, 3.8) is 0 Å². The normalized spacial score (nSPS) is 12.0. The molecule has 1 unspecified atom stereocenters. The molecule has 0 aliphatic carbocycles. The minimum absolute atomic E-state index is 0.109. The Morgan fingerprint density at radius 3 is 2.52 bits per heavy atom. The van der Waals surface area contributed by atoms with E-state index in [4.69, 9.17) is 5.11 Å². The molecule has 0 saturated heterocycles. The van der Waals surface area contributed by atoms with Crippen molar-refractivity contribution in [2.24, 2.45) is 0 Å². The van der Waals surface area contributed by atoms with Crippen LogP contribution in [0.2, 0.25) is 0 Å². The summed E-state index contributed by atoms with van der Waals surface area (Å²) in [6.07, 6.45) is 0.733. The minimum Gasteiger partial charge on any atom is -0.478 e. The van der Waals surface area contributed by atoms with Crippen LogP contribution in [-0.2, 0) is 6.42 Å². The van der Waals surface area contributed by atoms with E-state index in [1.807, 2.05) is 13.0 Å². The van der Waals surface area contributed by atoms with Crippen LogP contribution in [0.15, 0.2) is 42.5 Å². The summed E-state index contributed by atoms with van der Waals surface area (Å²) in [5.74, 6) is -1.17. The average Bonchev–Trinajstić information content (AvgIpc) is 2.43. The largest absolute Gasteiger partial charge is 0.478 e. The Kier molecular flexibility index (Phi) is 4.58. The second-order valence-corrected chi connectivity index (χ2v) is 5.16. The van der Waals surface area contributed by atoms with Crippen LogP contribution in [-0.4, -0.2) is 17.1 Å². The summed E-state index contributed by atoms with van der Waals surface area (Å²) in [7, 11) is 0. The Morgan fingerprint density at radius 1 is 1.24 bits per heavy atom. The third kappa shape index (κ3) is 3.81. The van der Waals surface area contributed by atoms with Crippen molar-refractivity contribution in [2.75, 3.05) is 5.32 Å². The maximum absolute atomic E-state index is 12.9. The first kappa shape index (κ1) is 15.0. The van der Waals surface area contributed by atoms with E-state index < -0.39 is 5.97 Å². The molecule has 0 heterocycles. The van der Waals surface area contributed by atoms with Crippen LogP contribution >= 0.6 is 0 Å². The van der Waals surface area contributed by atoms with Crippen molar-refractivity contribution in [3.8, 4) is 0 Å². The van der Waals surface area contributed by atoms with Crippen molar-refractivity contribution >= 4 is 11.7 Å². The van der Waals surface area contributed by atoms with Crippen molar-refractivity contribution in [3.05, 3.63) is 65.0 Å². The van der Waals surface area contributed by atoms with E-state index >= 15 is 0 Å². The van der Waals surface area contributed by atoms with Gasteiger partial charge in [-0.1, -0.05) is 18.2 Å². The number of carbonyl (C=O) groups is 1. The number of aromatic carboxylic acids is 1. The number of anilines is 1. The zero-order valence-corrected chi connectivity index (χ0v) is 12.1. The highest BCUT2D eigenvalue weighted by Crippen LogP contribution is 2.20. The van der Waals surface area contributed by atoms with E-state index in [0.29, 0.717) is 5.56 Å². The maximum atomic E-state index is 12.9. The molecule has 2 aromatic rings. The van der Waals surface area contributed by atoms with Crippen LogP contribution in [0.1, 0.15) is 28.4 Å². The molecule has 110 valence electrons. The van der Waals surface area contributed by atoms with Crippen LogP contribution in [0, 0.1) is 12.7 Å². The predicted molar refractivity (Wildman–Crippen MR) is 81.3 cm³/mol. The molecule has 0 aliphatic rings. The highest BCUT2D eigenvalue weighted by Gasteiger charge is 2.11. The molecule has 2 rings (SSSR count). The lowest BCUT2D eigenvalue weighted by Gasteiger charge is -2.18. The van der Waals surface area contributed by atoms with Gasteiger partial charge in [0.2, 0.25) is 0 Å². The molecular weight excluding hydrogens is 269 g/mol. The molecule has 0 aliphatic heterocycles. The first-order valence-corrected chi connectivity index (χ1v) is 6.81. The third-order valence-corrected chi connectivity index (χ3v) is 3.42. The Bertz CT molecular complexity index is 638. The summed E-state index contributed by atoms with van der Waals surface area (Å²) in [6.45, 7) is 3.80. The van der Waals surface area contributed by atoms with E-state index in [2.05, 4.69) is 5.32 Å². The zero-order valence-electron chi connectivity index (χ0n) is 12.1. The number of carboxylic acid groups (broad SMARTS) is 1. The summed E-state index contributed by atoms with van der Waals surface area (Å²) in [4.78, 5) is 11.1. The van der Waals surface area contributed by atoms with Crippen LogP contribution in [0.5, 0.6) is 0 Å². The van der Waals surface area contributed by atoms with Gasteiger partial charge in [-0.05, 0) is 55.7 Å². The number of hydrogen-bond donors (Lipinski definition) is 2. The molecule has 2 N–H and O–H groups in total. The molecular formula is C17H18FNO2. The lowest BCUT2D eigenvalue weighted by molar-refractivity contribution is 0.0696. The Hall–Kier alpha value is -2.36. The molecule has 0 radical (unpaired) electrons. The fourth-order valence-electron chi connectivity index (χ4n) is 2.31. The van der Waals surface area contributed by atoms with E-state index in [1.165, 1.54) is 12.1 Å². The van der Waals surface area contributed by atoms with Crippen LogP contribution < -0.4 is 5.32 Å². The second kappa shape index (κ2) is 6.39. The standard InChI is InChI=1S/C17H18FNO2/c1-11(10-13-6-8-14(18)9-7-13)19-16-5-3-4-15(12(16)2)17(20)21/h3-9,11,19H,10H2,1-2H3,(H,20,21). The molecule has 0 spiro atoms. The highest BCUT2D eigenvalue weighted by atomic mass is 19.1. The second-order valence-electron chi connectivity index (χ2n) is 5.16. The lowest BCUT2D eigenvalue weighted by Crippen LogP contribution is -2.19. The zero-order chi connectivity index (χ0) is 15.4. The van der Waals surface area contributed by atoms with Gasteiger partial charge in [-0.3, -0.25) is 0 Å². The predicted octanol–water partition coefficient (Wildman–Crippen LogP) is 3.88. The van der Waals surface area contributed by atoms with Crippen LogP contribution in [0.4, 0.5) is 10.1 Å². The Balaban J connectivity index is 2.09. The molecule has 0 fully saturated rings. The van der Waals surface area contributed by atoms with Gasteiger partial charge < -0.3 is 10.4 Å². The number of carboxylic acids is 1. The van der Waals surface area contributed by atoms with Gasteiger partial charge in [0.15, 0.2) is 0 Å². The van der Waals surface area contributed by atoms with Crippen molar-refractivity contribution in [1.29, 1.82) is 0 Å². The topological polar surface area (TPSA) is 49.3 Å². The van der Waals surface area contributed by atoms with E-state index in [0.717, 1.165) is 23.2 Å². The minimum atomic E-state index is -0.928. The quantitative estimate of drug-likeness (QED) is 0.877. The van der Waals surface area contributed by atoms with E-state index in [9.17, 15) is 9.18 Å². The molecule has 0 saturated carbocycles. The van der Waals surface area contributed by atoms with E-state index in [1.54, 1.807) is 31.2 Å². The average molecular weight is 287 g/mol. The molecule has 4 heteroatoms. The number of halogens is 1. The number of rotatable bonds is 5. The summed E-state index contributed by atoms with van der Waals surface area (Å²) in [6, 6.07) is 11.7. The maximum Gasteiger partial charge on any atom is 0.336 e. The van der Waals surface area contributed by atoms with Gasteiger partial charge in [0.25, 0.3) is 0 Å². The summed E-state index contributed by atoms with van der Waals surface area (Å²) >= 11 is 0. The van der Waals surface area contributed by atoms with Crippen molar-refractivity contribution in [2.45, 2.75) is 26.3 Å². The summed E-state index contributed by atoms with van der Waals surface area (Å²) < 4.78 is 12.9. The van der Waals surface area contributed by atoms with Crippen LogP contribution in [0.3, 0.4) is 0 Å². The van der Waals surface area contributed by atoms with Gasteiger partial charge >= 0.3 is 5.97 Å². The molecule has 1 atom stereocenters. The highest BCUT2D eigenvalue weighted by molar-refractivity contribution is 5.91. The molecule has 2 aromatic carbocycles. The monoisotopic (exact) mass is 287 g/mol. The number of nitrogens with one attached hydrogen (secondary N) is 1. The molecule has 3 nitrogen and oxygen atoms in total. The van der Waals surface area contributed by atoms with Gasteiger partial charge in [-0.25, -0.2) is 9.18 Å². The fourth-order valence-corrected chi connectivity index (χ4v) is 2.31. The lowest BCUT2D eigenvalue weighted by atomic mass is 10.0. The number of benzene rings is 2. The van der Waals surface area contributed by atoms with Gasteiger partial charge in [-0.2, -0.15) is 0 Å². The van der Waals surface area contributed by atoms with Crippen LogP contribution in [0.25, 0.3) is 0 Å². The van der Waals surface area contributed by atoms with Gasteiger partial charge in [-0.15, -0.1) is 0 Å². The smallest absolute Gasteiger partial charge is 0.336 e. The summed E-state index contributed by atoms with van der Waals surface area (Å²) in [5.41, 5.74) is 2.86. The van der Waals surface area contributed by atoms with Gasteiger partial charge in [0.1, 0.15) is 5.82 Å². The molecule has 0 amide bonds. The van der Waals surface area contributed by atoms with Crippen molar-refractivity contribution in [1.82, 2.24) is 0 Å².